The smallest absolute Gasteiger partial charge is 0.0540 e. The molecule has 0 spiro atoms. The maximum absolute atomic E-state index is 5.19. The first kappa shape index (κ1) is 10.4. The van der Waals surface area contributed by atoms with Gasteiger partial charge in [0.1, 0.15) is 0 Å². The molecule has 0 heterocycles. The van der Waals surface area contributed by atoms with Gasteiger partial charge in [-0.15, -0.1) is 0 Å². The van der Waals surface area contributed by atoms with E-state index in [2.05, 4.69) is 35.4 Å². The summed E-state index contributed by atoms with van der Waals surface area (Å²) in [5.74, 6) is 5.19. The van der Waals surface area contributed by atoms with Crippen molar-refractivity contribution in [2.24, 2.45) is 10.9 Å². The molecule has 80 valence electrons. The van der Waals surface area contributed by atoms with Gasteiger partial charge in [-0.1, -0.05) is 54.6 Å². The van der Waals surface area contributed by atoms with Crippen molar-refractivity contribution in [2.75, 3.05) is 0 Å². The van der Waals surface area contributed by atoms with E-state index in [4.69, 9.17) is 5.84 Å². The summed E-state index contributed by atoms with van der Waals surface area (Å²) in [6.45, 7) is 0. The quantitative estimate of drug-likeness (QED) is 0.472. The first-order valence-corrected chi connectivity index (χ1v) is 5.25. The normalized spacial score (nSPS) is 10.8. The molecule has 0 aliphatic carbocycles. The van der Waals surface area contributed by atoms with Gasteiger partial charge >= 0.3 is 0 Å². The van der Waals surface area contributed by atoms with Crippen LogP contribution in [0.1, 0.15) is 16.7 Å². The van der Waals surface area contributed by atoms with E-state index in [9.17, 15) is 0 Å². The molecule has 2 N–H and O–H groups in total. The van der Waals surface area contributed by atoms with Crippen LogP contribution < -0.4 is 5.84 Å². The molecule has 16 heavy (non-hydrogen) atoms. The maximum Gasteiger partial charge on any atom is 0.0540 e. The molecule has 2 aromatic rings. The Kier molecular flexibility index (Phi) is 3.34. The molecule has 2 nitrogen and oxygen atoms in total. The van der Waals surface area contributed by atoms with Gasteiger partial charge in [0.25, 0.3) is 0 Å². The van der Waals surface area contributed by atoms with E-state index in [0.717, 1.165) is 12.0 Å². The predicted octanol–water partition coefficient (Wildman–Crippen LogP) is 2.57. The van der Waals surface area contributed by atoms with Gasteiger partial charge < -0.3 is 5.84 Å². The van der Waals surface area contributed by atoms with E-state index in [1.54, 1.807) is 6.21 Å². The zero-order valence-electron chi connectivity index (χ0n) is 9.01. The Labute approximate surface area is 95.4 Å². The van der Waals surface area contributed by atoms with Crippen molar-refractivity contribution in [3.8, 4) is 0 Å². The minimum absolute atomic E-state index is 0.906. The molecule has 2 heteroatoms. The van der Waals surface area contributed by atoms with Gasteiger partial charge in [-0.25, -0.2) is 0 Å². The van der Waals surface area contributed by atoms with Crippen LogP contribution in [0, 0.1) is 0 Å². The van der Waals surface area contributed by atoms with E-state index in [1.165, 1.54) is 11.1 Å². The molecule has 0 radical (unpaired) electrons. The fraction of sp³-hybridized carbons (Fsp3) is 0.0714. The summed E-state index contributed by atoms with van der Waals surface area (Å²) in [6, 6.07) is 18.5. The molecule has 0 atom stereocenters. The molecule has 0 fully saturated rings. The number of benzene rings is 2. The summed E-state index contributed by atoms with van der Waals surface area (Å²) in [5, 5.41) is 3.58. The van der Waals surface area contributed by atoms with Crippen molar-refractivity contribution >= 4 is 6.21 Å². The fourth-order valence-electron chi connectivity index (χ4n) is 1.72. The highest BCUT2D eigenvalue weighted by Crippen LogP contribution is 2.12. The number of hydrogen-bond donors (Lipinski definition) is 1. The van der Waals surface area contributed by atoms with Gasteiger partial charge in [0, 0.05) is 0 Å². The molecule has 0 amide bonds. The van der Waals surface area contributed by atoms with Crippen LogP contribution in [0.3, 0.4) is 0 Å². The second-order valence-electron chi connectivity index (χ2n) is 3.64. The zero-order chi connectivity index (χ0) is 11.2. The van der Waals surface area contributed by atoms with E-state index in [0.29, 0.717) is 0 Å². The third-order valence-corrected chi connectivity index (χ3v) is 2.51. The highest BCUT2D eigenvalue weighted by Gasteiger charge is 2.00. The van der Waals surface area contributed by atoms with Gasteiger partial charge in [0.2, 0.25) is 0 Å². The lowest BCUT2D eigenvalue weighted by molar-refractivity contribution is 1.18. The molecule has 0 bridgehead atoms. The Morgan fingerprint density at radius 1 is 0.938 bits per heavy atom. The van der Waals surface area contributed by atoms with Crippen molar-refractivity contribution in [1.82, 2.24) is 0 Å². The monoisotopic (exact) mass is 210 g/mol. The van der Waals surface area contributed by atoms with Crippen LogP contribution in [-0.2, 0) is 6.42 Å². The van der Waals surface area contributed by atoms with Crippen LogP contribution in [0.15, 0.2) is 59.7 Å². The lowest BCUT2D eigenvalue weighted by Gasteiger charge is -2.05. The summed E-state index contributed by atoms with van der Waals surface area (Å²) >= 11 is 0. The van der Waals surface area contributed by atoms with Gasteiger partial charge in [-0.2, -0.15) is 5.10 Å². The number of rotatable bonds is 3. The van der Waals surface area contributed by atoms with E-state index < -0.39 is 0 Å². The Morgan fingerprint density at radius 3 is 2.38 bits per heavy atom. The summed E-state index contributed by atoms with van der Waals surface area (Å²) in [4.78, 5) is 0. The topological polar surface area (TPSA) is 38.4 Å². The van der Waals surface area contributed by atoms with Gasteiger partial charge in [-0.05, 0) is 23.1 Å². The number of hydrogen-bond acceptors (Lipinski definition) is 2. The third kappa shape index (κ3) is 2.48. The summed E-state index contributed by atoms with van der Waals surface area (Å²) < 4.78 is 0. The van der Waals surface area contributed by atoms with Crippen LogP contribution in [0.2, 0.25) is 0 Å². The van der Waals surface area contributed by atoms with Crippen LogP contribution >= 0.6 is 0 Å². The van der Waals surface area contributed by atoms with E-state index in [-0.39, 0.29) is 0 Å². The highest BCUT2D eigenvalue weighted by molar-refractivity contribution is 5.81. The number of hydrazone groups is 1. The zero-order valence-corrected chi connectivity index (χ0v) is 9.01. The molecule has 2 aromatic carbocycles. The highest BCUT2D eigenvalue weighted by atomic mass is 15.1. The van der Waals surface area contributed by atoms with Crippen molar-refractivity contribution in [1.29, 1.82) is 0 Å². The predicted molar refractivity (Wildman–Crippen MR) is 67.5 cm³/mol. The lowest BCUT2D eigenvalue weighted by Crippen LogP contribution is -1.95. The minimum Gasteiger partial charge on any atom is -0.323 e. The minimum atomic E-state index is 0.906. The first-order valence-electron chi connectivity index (χ1n) is 5.25. The molecule has 0 unspecified atom stereocenters. The molecule has 0 aromatic heterocycles. The molecule has 0 aliphatic heterocycles. The van der Waals surface area contributed by atoms with Crippen LogP contribution in [-0.4, -0.2) is 6.21 Å². The number of nitrogens with zero attached hydrogens (tertiary/aromatic N) is 1. The summed E-state index contributed by atoms with van der Waals surface area (Å²) in [5.41, 5.74) is 3.61. The van der Waals surface area contributed by atoms with Crippen molar-refractivity contribution in [3.63, 3.8) is 0 Å². The van der Waals surface area contributed by atoms with Crippen LogP contribution in [0.4, 0.5) is 0 Å². The molecule has 2 rings (SSSR count). The van der Waals surface area contributed by atoms with Crippen molar-refractivity contribution in [3.05, 3.63) is 71.3 Å². The standard InChI is InChI=1S/C14H14N2/c15-16-11-14-9-5-4-8-13(14)10-12-6-2-1-3-7-12/h1-9,11H,10,15H2. The average Bonchev–Trinajstić information content (AvgIpc) is 2.33. The SMILES string of the molecule is NN=Cc1ccccc1Cc1ccccc1. The molecule has 0 saturated heterocycles. The average molecular weight is 210 g/mol. The first-order chi connectivity index (χ1) is 7.90. The van der Waals surface area contributed by atoms with Gasteiger partial charge in [0.05, 0.1) is 6.21 Å². The van der Waals surface area contributed by atoms with Crippen LogP contribution in [0.25, 0.3) is 0 Å². The van der Waals surface area contributed by atoms with E-state index >= 15 is 0 Å². The number of nitrogens with two attached hydrogens (primary N) is 1. The molecular formula is C14H14N2. The second kappa shape index (κ2) is 5.12. The van der Waals surface area contributed by atoms with Gasteiger partial charge in [0.15, 0.2) is 0 Å². The molecule has 0 aliphatic rings. The second-order valence-corrected chi connectivity index (χ2v) is 3.64. The van der Waals surface area contributed by atoms with Crippen LogP contribution in [0.5, 0.6) is 0 Å². The van der Waals surface area contributed by atoms with Gasteiger partial charge in [-0.3, -0.25) is 0 Å². The maximum atomic E-state index is 5.19. The summed E-state index contributed by atoms with van der Waals surface area (Å²) in [7, 11) is 0. The van der Waals surface area contributed by atoms with Crippen molar-refractivity contribution < 1.29 is 0 Å². The third-order valence-electron chi connectivity index (χ3n) is 2.51. The molecule has 0 saturated carbocycles. The lowest BCUT2D eigenvalue weighted by atomic mass is 10.0. The Morgan fingerprint density at radius 2 is 1.62 bits per heavy atom. The summed E-state index contributed by atoms with van der Waals surface area (Å²) in [6.07, 6.45) is 2.60. The largest absolute Gasteiger partial charge is 0.323 e. The van der Waals surface area contributed by atoms with E-state index in [1.807, 2.05) is 24.3 Å². The fourth-order valence-corrected chi connectivity index (χ4v) is 1.72. The molecular weight excluding hydrogens is 196 g/mol. The Bertz CT molecular complexity index is 475. The Hall–Kier alpha value is -2.09. The Balaban J connectivity index is 2.28. The van der Waals surface area contributed by atoms with Crippen molar-refractivity contribution in [2.45, 2.75) is 6.42 Å².